The van der Waals surface area contributed by atoms with Crippen LogP contribution in [0, 0.1) is 6.92 Å². The van der Waals surface area contributed by atoms with E-state index >= 15 is 0 Å². The lowest BCUT2D eigenvalue weighted by Gasteiger charge is -2.26. The fraction of sp³-hybridized carbons (Fsp3) is 0.208. The maximum absolute atomic E-state index is 5.94. The summed E-state index contributed by atoms with van der Waals surface area (Å²) in [6.07, 6.45) is 6.92. The first-order valence-corrected chi connectivity index (χ1v) is 9.63. The maximum atomic E-state index is 5.94. The minimum atomic E-state index is -0.0708. The quantitative estimate of drug-likeness (QED) is 0.476. The Labute approximate surface area is 171 Å². The predicted octanol–water partition coefficient (Wildman–Crippen LogP) is 4.88. The molecule has 2 aromatic carbocycles. The molecule has 29 heavy (non-hydrogen) atoms. The van der Waals surface area contributed by atoms with Crippen LogP contribution in [0.1, 0.15) is 36.2 Å². The van der Waals surface area contributed by atoms with E-state index in [1.165, 1.54) is 16.7 Å². The first-order valence-electron chi connectivity index (χ1n) is 9.63. The number of aryl methyl sites for hydroxylation is 1. The molecule has 0 saturated carbocycles. The third kappa shape index (κ3) is 4.19. The van der Waals surface area contributed by atoms with Crippen molar-refractivity contribution in [3.63, 3.8) is 0 Å². The van der Waals surface area contributed by atoms with Crippen molar-refractivity contribution in [3.8, 4) is 11.7 Å². The van der Waals surface area contributed by atoms with Gasteiger partial charge >= 0.3 is 0 Å². The second kappa shape index (κ2) is 7.87. The smallest absolute Gasteiger partial charge is 0.235 e. The molecule has 0 saturated heterocycles. The SMILES string of the molecule is Cc1ccc(C(C)(C)c2ccc(OCc3ccnc(-n4ccnc4)n3)cc2)cc1. The van der Waals surface area contributed by atoms with Gasteiger partial charge in [-0.05, 0) is 36.2 Å². The molecule has 0 amide bonds. The van der Waals surface area contributed by atoms with Crippen molar-refractivity contribution in [2.24, 2.45) is 0 Å². The lowest BCUT2D eigenvalue weighted by Crippen LogP contribution is -2.18. The number of hydrogen-bond acceptors (Lipinski definition) is 4. The molecule has 2 aromatic heterocycles. The van der Waals surface area contributed by atoms with Crippen molar-refractivity contribution in [1.82, 2.24) is 19.5 Å². The van der Waals surface area contributed by atoms with Crippen LogP contribution in [0.4, 0.5) is 0 Å². The van der Waals surface area contributed by atoms with Crippen LogP contribution in [0.5, 0.6) is 5.75 Å². The van der Waals surface area contributed by atoms with Crippen molar-refractivity contribution in [2.75, 3.05) is 0 Å². The highest BCUT2D eigenvalue weighted by atomic mass is 16.5. The van der Waals surface area contributed by atoms with Gasteiger partial charge in [0.1, 0.15) is 18.7 Å². The topological polar surface area (TPSA) is 52.8 Å². The summed E-state index contributed by atoms with van der Waals surface area (Å²) in [6, 6.07) is 18.9. The summed E-state index contributed by atoms with van der Waals surface area (Å²) in [7, 11) is 0. The van der Waals surface area contributed by atoms with Crippen molar-refractivity contribution in [2.45, 2.75) is 32.8 Å². The van der Waals surface area contributed by atoms with Gasteiger partial charge in [-0.25, -0.2) is 15.0 Å². The molecule has 0 aliphatic carbocycles. The number of ether oxygens (including phenoxy) is 1. The number of benzene rings is 2. The summed E-state index contributed by atoms with van der Waals surface area (Å²) >= 11 is 0. The van der Waals surface area contributed by atoms with Crippen LogP contribution in [0.15, 0.2) is 79.5 Å². The highest BCUT2D eigenvalue weighted by molar-refractivity contribution is 5.40. The van der Waals surface area contributed by atoms with Gasteiger partial charge in [-0.1, -0.05) is 55.8 Å². The molecule has 5 heteroatoms. The largest absolute Gasteiger partial charge is 0.487 e. The standard InChI is InChI=1S/C24H24N4O/c1-18-4-6-19(7-5-18)24(2,3)20-8-10-22(11-9-20)29-16-21-12-13-26-23(27-21)28-15-14-25-17-28/h4-15,17H,16H2,1-3H3. The van der Waals surface area contributed by atoms with Gasteiger partial charge in [0, 0.05) is 24.0 Å². The first kappa shape index (κ1) is 18.9. The van der Waals surface area contributed by atoms with Gasteiger partial charge in [-0.2, -0.15) is 0 Å². The molecule has 5 nitrogen and oxygen atoms in total. The highest BCUT2D eigenvalue weighted by Crippen LogP contribution is 2.32. The molecule has 0 N–H and O–H groups in total. The minimum absolute atomic E-state index is 0.0708. The summed E-state index contributed by atoms with van der Waals surface area (Å²) in [5.41, 5.74) is 4.56. The number of aromatic nitrogens is 4. The minimum Gasteiger partial charge on any atom is -0.487 e. The monoisotopic (exact) mass is 384 g/mol. The predicted molar refractivity (Wildman–Crippen MR) is 113 cm³/mol. The van der Waals surface area contributed by atoms with E-state index in [1.807, 2.05) is 24.4 Å². The molecule has 4 rings (SSSR count). The molecular formula is C24H24N4O. The summed E-state index contributed by atoms with van der Waals surface area (Å²) in [5, 5.41) is 0. The summed E-state index contributed by atoms with van der Waals surface area (Å²) < 4.78 is 7.71. The van der Waals surface area contributed by atoms with Crippen LogP contribution >= 0.6 is 0 Å². The average Bonchev–Trinajstić information content (AvgIpc) is 3.28. The molecule has 0 atom stereocenters. The fourth-order valence-electron chi connectivity index (χ4n) is 3.23. The Kier molecular flexibility index (Phi) is 5.12. The van der Waals surface area contributed by atoms with E-state index in [2.05, 4.69) is 72.1 Å². The Bertz CT molecular complexity index is 1070. The zero-order valence-electron chi connectivity index (χ0n) is 16.9. The Morgan fingerprint density at radius 1 is 0.897 bits per heavy atom. The summed E-state index contributed by atoms with van der Waals surface area (Å²) in [6.45, 7) is 6.97. The fourth-order valence-corrected chi connectivity index (χ4v) is 3.23. The van der Waals surface area contributed by atoms with E-state index < -0.39 is 0 Å². The molecule has 146 valence electrons. The normalized spacial score (nSPS) is 11.4. The van der Waals surface area contributed by atoms with Crippen molar-refractivity contribution < 1.29 is 4.74 Å². The van der Waals surface area contributed by atoms with Gasteiger partial charge in [-0.3, -0.25) is 4.57 Å². The molecule has 0 unspecified atom stereocenters. The van der Waals surface area contributed by atoms with Crippen LogP contribution in [-0.4, -0.2) is 19.5 Å². The van der Waals surface area contributed by atoms with Crippen LogP contribution in [0.3, 0.4) is 0 Å². The lowest BCUT2D eigenvalue weighted by atomic mass is 9.78. The molecule has 2 heterocycles. The van der Waals surface area contributed by atoms with E-state index in [0.717, 1.165) is 11.4 Å². The third-order valence-corrected chi connectivity index (χ3v) is 5.17. The Morgan fingerprint density at radius 3 is 2.24 bits per heavy atom. The van der Waals surface area contributed by atoms with Gasteiger partial charge in [0.05, 0.1) is 5.69 Å². The van der Waals surface area contributed by atoms with Crippen LogP contribution < -0.4 is 4.74 Å². The lowest BCUT2D eigenvalue weighted by molar-refractivity contribution is 0.300. The number of nitrogens with zero attached hydrogens (tertiary/aromatic N) is 4. The van der Waals surface area contributed by atoms with Crippen molar-refractivity contribution >= 4 is 0 Å². The number of hydrogen-bond donors (Lipinski definition) is 0. The van der Waals surface area contributed by atoms with E-state index in [1.54, 1.807) is 23.3 Å². The first-order chi connectivity index (χ1) is 14.0. The Morgan fingerprint density at radius 2 is 1.59 bits per heavy atom. The van der Waals surface area contributed by atoms with Gasteiger partial charge in [0.25, 0.3) is 0 Å². The second-order valence-electron chi connectivity index (χ2n) is 7.62. The zero-order valence-corrected chi connectivity index (χ0v) is 16.9. The Hall–Kier alpha value is -3.47. The third-order valence-electron chi connectivity index (χ3n) is 5.17. The second-order valence-corrected chi connectivity index (χ2v) is 7.62. The van der Waals surface area contributed by atoms with E-state index in [4.69, 9.17) is 4.74 Å². The van der Waals surface area contributed by atoms with E-state index in [-0.39, 0.29) is 5.41 Å². The van der Waals surface area contributed by atoms with Crippen LogP contribution in [0.2, 0.25) is 0 Å². The summed E-state index contributed by atoms with van der Waals surface area (Å²) in [5.74, 6) is 1.40. The van der Waals surface area contributed by atoms with E-state index in [9.17, 15) is 0 Å². The summed E-state index contributed by atoms with van der Waals surface area (Å²) in [4.78, 5) is 12.8. The molecule has 0 radical (unpaired) electrons. The van der Waals surface area contributed by atoms with Gasteiger partial charge in [0.15, 0.2) is 0 Å². The molecule has 0 aliphatic heterocycles. The van der Waals surface area contributed by atoms with E-state index in [0.29, 0.717) is 12.6 Å². The van der Waals surface area contributed by atoms with Crippen molar-refractivity contribution in [1.29, 1.82) is 0 Å². The number of rotatable bonds is 6. The average molecular weight is 384 g/mol. The highest BCUT2D eigenvalue weighted by Gasteiger charge is 2.22. The van der Waals surface area contributed by atoms with Gasteiger partial charge in [0.2, 0.25) is 5.95 Å². The molecular weight excluding hydrogens is 360 g/mol. The maximum Gasteiger partial charge on any atom is 0.235 e. The van der Waals surface area contributed by atoms with Gasteiger partial charge in [-0.15, -0.1) is 0 Å². The van der Waals surface area contributed by atoms with Crippen LogP contribution in [0.25, 0.3) is 5.95 Å². The molecule has 0 fully saturated rings. The van der Waals surface area contributed by atoms with Crippen molar-refractivity contribution in [3.05, 3.63) is 102 Å². The van der Waals surface area contributed by atoms with Gasteiger partial charge < -0.3 is 4.74 Å². The molecule has 0 bridgehead atoms. The molecule has 0 aliphatic rings. The molecule has 4 aromatic rings. The van der Waals surface area contributed by atoms with Crippen LogP contribution in [-0.2, 0) is 12.0 Å². The number of imidazole rings is 1. The Balaban J connectivity index is 1.45. The zero-order chi connectivity index (χ0) is 20.3. The molecule has 0 spiro atoms.